The Morgan fingerprint density at radius 1 is 1.40 bits per heavy atom. The second-order valence-corrected chi connectivity index (χ2v) is 2.02. The van der Waals surface area contributed by atoms with E-state index in [9.17, 15) is 4.39 Å². The lowest BCUT2D eigenvalue weighted by molar-refractivity contribution is 0.428. The Hall–Kier alpha value is -1.38. The molecule has 2 nitrogen and oxygen atoms in total. The zero-order valence-corrected chi connectivity index (χ0v) is 5.04. The lowest BCUT2D eigenvalue weighted by atomic mass is 10.2. The minimum atomic E-state index is -0.268. The molecule has 0 spiro atoms. The second kappa shape index (κ2) is 1.80. The van der Waals surface area contributed by atoms with Crippen LogP contribution in [0.5, 0.6) is 0 Å². The van der Waals surface area contributed by atoms with Crippen LogP contribution in [0.25, 0.3) is 10.9 Å². The van der Waals surface area contributed by atoms with Gasteiger partial charge in [0.1, 0.15) is 17.6 Å². The fourth-order valence-electron chi connectivity index (χ4n) is 0.843. The highest BCUT2D eigenvalue weighted by molar-refractivity contribution is 5.76. The van der Waals surface area contributed by atoms with Gasteiger partial charge < -0.3 is 4.52 Å². The maximum absolute atomic E-state index is 12.4. The summed E-state index contributed by atoms with van der Waals surface area (Å²) in [5, 5.41) is 4.31. The lowest BCUT2D eigenvalue weighted by Crippen LogP contribution is -1.70. The number of halogens is 1. The summed E-state index contributed by atoms with van der Waals surface area (Å²) in [6, 6.07) is 4.31. The Morgan fingerprint density at radius 3 is 3.20 bits per heavy atom. The van der Waals surface area contributed by atoms with E-state index in [2.05, 4.69) is 9.68 Å². The smallest absolute Gasteiger partial charge is 0.131 e. The van der Waals surface area contributed by atoms with Crippen LogP contribution in [0, 0.1) is 5.82 Å². The van der Waals surface area contributed by atoms with E-state index in [-0.39, 0.29) is 5.82 Å². The molecule has 10 heavy (non-hydrogen) atoms. The Balaban J connectivity index is 2.86. The molecule has 1 aromatic carbocycles. The van der Waals surface area contributed by atoms with Crippen LogP contribution in [0.15, 0.2) is 29.0 Å². The predicted molar refractivity (Wildman–Crippen MR) is 34.0 cm³/mol. The van der Waals surface area contributed by atoms with Gasteiger partial charge in [-0.15, -0.1) is 0 Å². The maximum atomic E-state index is 12.4. The van der Waals surface area contributed by atoms with Crippen molar-refractivity contribution in [1.29, 1.82) is 0 Å². The van der Waals surface area contributed by atoms with Crippen molar-refractivity contribution in [3.63, 3.8) is 0 Å². The zero-order chi connectivity index (χ0) is 6.97. The Bertz CT molecular complexity index is 355. The van der Waals surface area contributed by atoms with Gasteiger partial charge in [0.25, 0.3) is 0 Å². The van der Waals surface area contributed by atoms with Gasteiger partial charge in [-0.3, -0.25) is 0 Å². The Kier molecular flexibility index (Phi) is 0.974. The molecular formula is C7H4FNO. The van der Waals surface area contributed by atoms with Gasteiger partial charge in [0.15, 0.2) is 0 Å². The number of aromatic nitrogens is 1. The molecule has 3 heteroatoms. The third-order valence-corrected chi connectivity index (χ3v) is 1.32. The molecule has 0 fully saturated rings. The van der Waals surface area contributed by atoms with E-state index in [0.29, 0.717) is 10.9 Å². The van der Waals surface area contributed by atoms with Crippen LogP contribution in [-0.2, 0) is 0 Å². The molecule has 1 heterocycles. The van der Waals surface area contributed by atoms with Crippen LogP contribution >= 0.6 is 0 Å². The van der Waals surface area contributed by atoms with Crippen LogP contribution < -0.4 is 0 Å². The SMILES string of the molecule is Fc1ccc2nocc2c1. The van der Waals surface area contributed by atoms with E-state index in [0.717, 1.165) is 0 Å². The van der Waals surface area contributed by atoms with Crippen LogP contribution in [0.2, 0.25) is 0 Å². The summed E-state index contributed by atoms with van der Waals surface area (Å²) in [5.74, 6) is -0.268. The van der Waals surface area contributed by atoms with E-state index < -0.39 is 0 Å². The minimum Gasteiger partial charge on any atom is -0.364 e. The number of hydrogen-bond donors (Lipinski definition) is 0. The number of nitrogens with zero attached hydrogens (tertiary/aromatic N) is 1. The standard InChI is InChI=1S/C7H4FNO/c8-6-1-2-7-5(3-6)4-10-9-7/h1-4H. The molecule has 50 valence electrons. The van der Waals surface area contributed by atoms with Gasteiger partial charge in [0, 0.05) is 5.39 Å². The number of rotatable bonds is 0. The van der Waals surface area contributed by atoms with Gasteiger partial charge in [-0.1, -0.05) is 5.16 Å². The summed E-state index contributed by atoms with van der Waals surface area (Å²) < 4.78 is 17.0. The van der Waals surface area contributed by atoms with Gasteiger partial charge in [-0.25, -0.2) is 4.39 Å². The van der Waals surface area contributed by atoms with Crippen LogP contribution in [0.4, 0.5) is 4.39 Å². The van der Waals surface area contributed by atoms with Crippen molar-refractivity contribution in [2.75, 3.05) is 0 Å². The summed E-state index contributed by atoms with van der Waals surface area (Å²) in [7, 11) is 0. The van der Waals surface area contributed by atoms with E-state index in [1.807, 2.05) is 0 Å². The molecule has 0 amide bonds. The van der Waals surface area contributed by atoms with Gasteiger partial charge in [0.2, 0.25) is 0 Å². The van der Waals surface area contributed by atoms with Crippen molar-refractivity contribution >= 4 is 10.9 Å². The van der Waals surface area contributed by atoms with Crippen molar-refractivity contribution in [3.8, 4) is 0 Å². The second-order valence-electron chi connectivity index (χ2n) is 2.02. The van der Waals surface area contributed by atoms with Crippen molar-refractivity contribution in [1.82, 2.24) is 5.16 Å². The van der Waals surface area contributed by atoms with E-state index in [1.54, 1.807) is 6.07 Å². The lowest BCUT2D eigenvalue weighted by Gasteiger charge is -1.83. The maximum Gasteiger partial charge on any atom is 0.131 e. The summed E-state index contributed by atoms with van der Waals surface area (Å²) >= 11 is 0. The molecule has 0 aliphatic heterocycles. The van der Waals surface area contributed by atoms with Crippen molar-refractivity contribution in [2.24, 2.45) is 0 Å². The first-order chi connectivity index (χ1) is 4.86. The molecule has 0 unspecified atom stereocenters. The summed E-state index contributed by atoms with van der Waals surface area (Å²) in [6.07, 6.45) is 1.42. The molecule has 0 saturated carbocycles. The van der Waals surface area contributed by atoms with Gasteiger partial charge in [-0.2, -0.15) is 0 Å². The number of fused-ring (bicyclic) bond motifs is 1. The molecular weight excluding hydrogens is 133 g/mol. The average Bonchev–Trinajstić information content (AvgIpc) is 2.33. The fraction of sp³-hybridized carbons (Fsp3) is 0. The molecule has 0 saturated heterocycles. The fourth-order valence-corrected chi connectivity index (χ4v) is 0.843. The van der Waals surface area contributed by atoms with Gasteiger partial charge >= 0.3 is 0 Å². The zero-order valence-electron chi connectivity index (χ0n) is 5.04. The van der Waals surface area contributed by atoms with Gasteiger partial charge in [0.05, 0.1) is 0 Å². The molecule has 2 rings (SSSR count). The van der Waals surface area contributed by atoms with E-state index in [4.69, 9.17) is 0 Å². The first kappa shape index (κ1) is 5.41. The van der Waals surface area contributed by atoms with Crippen LogP contribution in [0.3, 0.4) is 0 Å². The topological polar surface area (TPSA) is 26.0 Å². The van der Waals surface area contributed by atoms with Crippen molar-refractivity contribution < 1.29 is 8.91 Å². The Labute approximate surface area is 56.2 Å². The quantitative estimate of drug-likeness (QED) is 0.554. The highest BCUT2D eigenvalue weighted by atomic mass is 19.1. The van der Waals surface area contributed by atoms with E-state index >= 15 is 0 Å². The molecule has 1 aromatic heterocycles. The predicted octanol–water partition coefficient (Wildman–Crippen LogP) is 1.97. The number of benzene rings is 1. The Morgan fingerprint density at radius 2 is 2.30 bits per heavy atom. The highest BCUT2D eigenvalue weighted by Gasteiger charge is 1.97. The molecule has 0 aliphatic rings. The first-order valence-corrected chi connectivity index (χ1v) is 2.86. The minimum absolute atomic E-state index is 0.268. The molecule has 0 aliphatic carbocycles. The van der Waals surface area contributed by atoms with Crippen LogP contribution in [0.1, 0.15) is 0 Å². The monoisotopic (exact) mass is 137 g/mol. The summed E-state index contributed by atoms with van der Waals surface area (Å²) in [6.45, 7) is 0. The third kappa shape index (κ3) is 0.673. The summed E-state index contributed by atoms with van der Waals surface area (Å²) in [4.78, 5) is 0. The molecule has 0 atom stereocenters. The molecule has 0 radical (unpaired) electrons. The van der Waals surface area contributed by atoms with Gasteiger partial charge in [-0.05, 0) is 18.2 Å². The molecule has 0 bridgehead atoms. The van der Waals surface area contributed by atoms with E-state index in [1.165, 1.54) is 18.4 Å². The number of hydrogen-bond acceptors (Lipinski definition) is 2. The average molecular weight is 137 g/mol. The molecule has 0 N–H and O–H groups in total. The van der Waals surface area contributed by atoms with Crippen LogP contribution in [-0.4, -0.2) is 5.16 Å². The van der Waals surface area contributed by atoms with Crippen molar-refractivity contribution in [3.05, 3.63) is 30.3 Å². The largest absolute Gasteiger partial charge is 0.364 e. The first-order valence-electron chi connectivity index (χ1n) is 2.86. The normalized spacial score (nSPS) is 10.5. The summed E-state index contributed by atoms with van der Waals surface area (Å²) in [5.41, 5.74) is 0.682. The highest BCUT2D eigenvalue weighted by Crippen LogP contribution is 2.12. The third-order valence-electron chi connectivity index (χ3n) is 1.32. The van der Waals surface area contributed by atoms with Crippen molar-refractivity contribution in [2.45, 2.75) is 0 Å². The molecule has 2 aromatic rings.